The normalized spacial score (nSPS) is 10.2. The fourth-order valence-corrected chi connectivity index (χ4v) is 2.17. The molecule has 0 bridgehead atoms. The van der Waals surface area contributed by atoms with E-state index < -0.39 is 5.91 Å². The van der Waals surface area contributed by atoms with Crippen LogP contribution >= 0.6 is 0 Å². The quantitative estimate of drug-likeness (QED) is 0.761. The third-order valence-electron chi connectivity index (χ3n) is 3.44. The van der Waals surface area contributed by atoms with Crippen LogP contribution < -0.4 is 10.5 Å². The van der Waals surface area contributed by atoms with E-state index in [9.17, 15) is 9.59 Å². The molecule has 0 atom stereocenters. The molecule has 6 nitrogen and oxygen atoms in total. The standard InChI is InChI=1S/C18H20N2O4/c19-18(23)15-6-8-16(9-7-15)24-13-17(22)20(10-11-21)12-14-4-2-1-3-5-14/h1-9,21H,10-13H2,(H2,19,23). The second-order valence-corrected chi connectivity index (χ2v) is 5.20. The highest BCUT2D eigenvalue weighted by Crippen LogP contribution is 2.12. The fourth-order valence-electron chi connectivity index (χ4n) is 2.17. The average molecular weight is 328 g/mol. The molecule has 2 amide bonds. The second-order valence-electron chi connectivity index (χ2n) is 5.20. The lowest BCUT2D eigenvalue weighted by atomic mass is 10.2. The average Bonchev–Trinajstić information content (AvgIpc) is 2.60. The van der Waals surface area contributed by atoms with Gasteiger partial charge in [0.25, 0.3) is 5.91 Å². The lowest BCUT2D eigenvalue weighted by Gasteiger charge is -2.22. The molecule has 2 rings (SSSR count). The van der Waals surface area contributed by atoms with Crippen LogP contribution in [0.5, 0.6) is 5.75 Å². The molecule has 0 fully saturated rings. The highest BCUT2D eigenvalue weighted by molar-refractivity contribution is 5.92. The number of hydrogen-bond acceptors (Lipinski definition) is 4. The van der Waals surface area contributed by atoms with Crippen LogP contribution in [0, 0.1) is 0 Å². The van der Waals surface area contributed by atoms with E-state index in [4.69, 9.17) is 15.6 Å². The number of nitrogens with two attached hydrogens (primary N) is 1. The molecule has 2 aromatic carbocycles. The number of hydrogen-bond donors (Lipinski definition) is 2. The van der Waals surface area contributed by atoms with Gasteiger partial charge in [-0.3, -0.25) is 9.59 Å². The SMILES string of the molecule is NC(=O)c1ccc(OCC(=O)N(CCO)Cc2ccccc2)cc1. The predicted molar refractivity (Wildman–Crippen MR) is 89.4 cm³/mol. The lowest BCUT2D eigenvalue weighted by molar-refractivity contribution is -0.134. The highest BCUT2D eigenvalue weighted by Gasteiger charge is 2.14. The molecule has 126 valence electrons. The summed E-state index contributed by atoms with van der Waals surface area (Å²) in [4.78, 5) is 24.8. The molecule has 0 aliphatic carbocycles. The molecule has 0 radical (unpaired) electrons. The largest absolute Gasteiger partial charge is 0.484 e. The number of primary amides is 1. The van der Waals surface area contributed by atoms with Crippen molar-refractivity contribution in [3.63, 3.8) is 0 Å². The van der Waals surface area contributed by atoms with Crippen LogP contribution in [0.4, 0.5) is 0 Å². The first kappa shape index (κ1) is 17.5. The van der Waals surface area contributed by atoms with Crippen LogP contribution in [0.1, 0.15) is 15.9 Å². The summed E-state index contributed by atoms with van der Waals surface area (Å²) >= 11 is 0. The van der Waals surface area contributed by atoms with Crippen LogP contribution in [-0.2, 0) is 11.3 Å². The minimum atomic E-state index is -0.519. The highest BCUT2D eigenvalue weighted by atomic mass is 16.5. The lowest BCUT2D eigenvalue weighted by Crippen LogP contribution is -2.36. The molecule has 0 heterocycles. The van der Waals surface area contributed by atoms with Crippen molar-refractivity contribution < 1.29 is 19.4 Å². The van der Waals surface area contributed by atoms with Gasteiger partial charge in [-0.1, -0.05) is 30.3 Å². The number of aliphatic hydroxyl groups excluding tert-OH is 1. The molecule has 0 aliphatic heterocycles. The summed E-state index contributed by atoms with van der Waals surface area (Å²) < 4.78 is 5.44. The van der Waals surface area contributed by atoms with E-state index in [-0.39, 0.29) is 25.7 Å². The van der Waals surface area contributed by atoms with Gasteiger partial charge in [-0.15, -0.1) is 0 Å². The molecule has 6 heteroatoms. The summed E-state index contributed by atoms with van der Waals surface area (Å²) in [6.45, 7) is 0.372. The van der Waals surface area contributed by atoms with Crippen molar-refractivity contribution in [3.8, 4) is 5.75 Å². The minimum Gasteiger partial charge on any atom is -0.484 e. The van der Waals surface area contributed by atoms with E-state index >= 15 is 0 Å². The Hall–Kier alpha value is -2.86. The number of aliphatic hydroxyl groups is 1. The van der Waals surface area contributed by atoms with Crippen LogP contribution in [0.3, 0.4) is 0 Å². The van der Waals surface area contributed by atoms with Gasteiger partial charge in [0.05, 0.1) is 6.61 Å². The van der Waals surface area contributed by atoms with E-state index in [1.165, 1.54) is 17.0 Å². The first-order chi connectivity index (χ1) is 11.6. The zero-order valence-electron chi connectivity index (χ0n) is 13.2. The summed E-state index contributed by atoms with van der Waals surface area (Å²) in [6, 6.07) is 15.8. The molecular weight excluding hydrogens is 308 g/mol. The Morgan fingerprint density at radius 1 is 1.04 bits per heavy atom. The van der Waals surface area contributed by atoms with Crippen molar-refractivity contribution in [1.82, 2.24) is 4.90 Å². The molecule has 24 heavy (non-hydrogen) atoms. The maximum Gasteiger partial charge on any atom is 0.260 e. The Morgan fingerprint density at radius 3 is 2.29 bits per heavy atom. The van der Waals surface area contributed by atoms with Gasteiger partial charge in [0.1, 0.15) is 5.75 Å². The van der Waals surface area contributed by atoms with E-state index in [1.54, 1.807) is 12.1 Å². The molecule has 0 aromatic heterocycles. The van der Waals surface area contributed by atoms with Crippen LogP contribution in [0.15, 0.2) is 54.6 Å². The first-order valence-corrected chi connectivity index (χ1v) is 7.55. The molecule has 0 spiro atoms. The molecule has 3 N–H and O–H groups in total. The van der Waals surface area contributed by atoms with Gasteiger partial charge >= 0.3 is 0 Å². The Labute approximate surface area is 140 Å². The van der Waals surface area contributed by atoms with Crippen molar-refractivity contribution >= 4 is 11.8 Å². The Morgan fingerprint density at radius 2 is 1.71 bits per heavy atom. The Bertz CT molecular complexity index is 671. The zero-order chi connectivity index (χ0) is 17.4. The van der Waals surface area contributed by atoms with Gasteiger partial charge in [-0.2, -0.15) is 0 Å². The van der Waals surface area contributed by atoms with Gasteiger partial charge in [0.2, 0.25) is 5.91 Å². The van der Waals surface area contributed by atoms with Gasteiger partial charge in [0, 0.05) is 18.7 Å². The molecular formula is C18H20N2O4. The Balaban J connectivity index is 1.93. The number of nitrogens with zero attached hydrogens (tertiary/aromatic N) is 1. The molecule has 0 saturated heterocycles. The molecule has 2 aromatic rings. The summed E-state index contributed by atoms with van der Waals surface area (Å²) in [5, 5.41) is 9.15. The fraction of sp³-hybridized carbons (Fsp3) is 0.222. The van der Waals surface area contributed by atoms with Crippen LogP contribution in [-0.4, -0.2) is 41.6 Å². The van der Waals surface area contributed by atoms with Gasteiger partial charge in [-0.05, 0) is 29.8 Å². The van der Waals surface area contributed by atoms with E-state index in [0.29, 0.717) is 17.9 Å². The molecule has 0 unspecified atom stereocenters. The van der Waals surface area contributed by atoms with Crippen molar-refractivity contribution in [1.29, 1.82) is 0 Å². The topological polar surface area (TPSA) is 92.9 Å². The van der Waals surface area contributed by atoms with E-state index in [0.717, 1.165) is 5.56 Å². The third-order valence-corrected chi connectivity index (χ3v) is 3.44. The summed E-state index contributed by atoms with van der Waals surface area (Å²) in [7, 11) is 0. The number of carbonyl (C=O) groups is 2. The van der Waals surface area contributed by atoms with Crippen molar-refractivity contribution in [2.75, 3.05) is 19.8 Å². The summed E-state index contributed by atoms with van der Waals surface area (Å²) in [6.07, 6.45) is 0. The zero-order valence-corrected chi connectivity index (χ0v) is 13.2. The summed E-state index contributed by atoms with van der Waals surface area (Å²) in [5.41, 5.74) is 6.52. The third kappa shape index (κ3) is 5.10. The number of ether oxygens (including phenoxy) is 1. The minimum absolute atomic E-state index is 0.119. The predicted octanol–water partition coefficient (Wildman–Crippen LogP) is 1.19. The number of amides is 2. The van der Waals surface area contributed by atoms with Crippen LogP contribution in [0.2, 0.25) is 0 Å². The maximum absolute atomic E-state index is 12.3. The van der Waals surface area contributed by atoms with Crippen LogP contribution in [0.25, 0.3) is 0 Å². The molecule has 0 aliphatic rings. The van der Waals surface area contributed by atoms with E-state index in [2.05, 4.69) is 0 Å². The van der Waals surface area contributed by atoms with Crippen molar-refractivity contribution in [2.45, 2.75) is 6.54 Å². The van der Waals surface area contributed by atoms with Crippen molar-refractivity contribution in [2.24, 2.45) is 5.73 Å². The summed E-state index contributed by atoms with van der Waals surface area (Å²) in [5.74, 6) is -0.279. The van der Waals surface area contributed by atoms with Gasteiger partial charge in [-0.25, -0.2) is 0 Å². The number of carbonyl (C=O) groups excluding carboxylic acids is 2. The van der Waals surface area contributed by atoms with Gasteiger partial charge in [0.15, 0.2) is 6.61 Å². The van der Waals surface area contributed by atoms with Crippen molar-refractivity contribution in [3.05, 3.63) is 65.7 Å². The monoisotopic (exact) mass is 328 g/mol. The smallest absolute Gasteiger partial charge is 0.260 e. The number of benzene rings is 2. The van der Waals surface area contributed by atoms with Gasteiger partial charge < -0.3 is 20.5 Å². The van der Waals surface area contributed by atoms with E-state index in [1.807, 2.05) is 30.3 Å². The number of rotatable bonds is 8. The second kappa shape index (κ2) is 8.69. The maximum atomic E-state index is 12.3. The molecule has 0 saturated carbocycles. The first-order valence-electron chi connectivity index (χ1n) is 7.55. The Kier molecular flexibility index (Phi) is 6.33.